The van der Waals surface area contributed by atoms with Crippen LogP contribution < -0.4 is 4.74 Å². The minimum atomic E-state index is -0.710. The topological polar surface area (TPSA) is 52.6 Å². The van der Waals surface area contributed by atoms with Crippen molar-refractivity contribution in [2.24, 2.45) is 0 Å². The van der Waals surface area contributed by atoms with Crippen LogP contribution >= 0.6 is 11.3 Å². The van der Waals surface area contributed by atoms with E-state index in [1.165, 1.54) is 23.8 Å². The van der Waals surface area contributed by atoms with Gasteiger partial charge >= 0.3 is 5.97 Å². The molecule has 3 rings (SSSR count). The lowest BCUT2D eigenvalue weighted by atomic mass is 9.91. The Hall–Kier alpha value is -2.14. The van der Waals surface area contributed by atoms with Gasteiger partial charge in [0, 0.05) is 4.88 Å². The summed E-state index contributed by atoms with van der Waals surface area (Å²) < 4.78 is 10.5. The maximum absolute atomic E-state index is 12.2. The third kappa shape index (κ3) is 3.01. The van der Waals surface area contributed by atoms with Gasteiger partial charge in [0.1, 0.15) is 10.6 Å². The first kappa shape index (κ1) is 15.7. The number of benzene rings is 1. The van der Waals surface area contributed by atoms with E-state index in [1.54, 1.807) is 14.0 Å². The van der Waals surface area contributed by atoms with Gasteiger partial charge in [-0.25, -0.2) is 4.79 Å². The minimum Gasteiger partial charge on any atom is -0.497 e. The third-order valence-electron chi connectivity index (χ3n) is 4.09. The molecular weight excluding hydrogens is 312 g/mol. The summed E-state index contributed by atoms with van der Waals surface area (Å²) in [4.78, 5) is 25.1. The highest BCUT2D eigenvalue weighted by atomic mass is 32.1. The highest BCUT2D eigenvalue weighted by Crippen LogP contribution is 2.41. The van der Waals surface area contributed by atoms with Crippen molar-refractivity contribution in [3.8, 4) is 16.2 Å². The van der Waals surface area contributed by atoms with Gasteiger partial charge in [-0.15, -0.1) is 11.3 Å². The smallest absolute Gasteiger partial charge is 0.349 e. The first-order valence-corrected chi connectivity index (χ1v) is 8.32. The van der Waals surface area contributed by atoms with E-state index in [9.17, 15) is 9.59 Å². The van der Waals surface area contributed by atoms with Gasteiger partial charge in [-0.1, -0.05) is 0 Å². The molecule has 1 atom stereocenters. The van der Waals surface area contributed by atoms with Crippen molar-refractivity contribution in [3.63, 3.8) is 0 Å². The standard InChI is InChI=1S/C18H18O4S/c1-10(19)11(2)22-18(20)16-9-13-5-4-12-8-14(21-3)6-7-15(12)17(13)23-16/h6-9,11H,4-5H2,1-3H3. The molecule has 0 aliphatic heterocycles. The van der Waals surface area contributed by atoms with E-state index >= 15 is 0 Å². The number of rotatable bonds is 4. The summed E-state index contributed by atoms with van der Waals surface area (Å²) in [6, 6.07) is 7.91. The fourth-order valence-electron chi connectivity index (χ4n) is 2.64. The zero-order chi connectivity index (χ0) is 16.6. The summed E-state index contributed by atoms with van der Waals surface area (Å²) in [6.07, 6.45) is 1.11. The molecular formula is C18H18O4S. The Morgan fingerprint density at radius 2 is 1.91 bits per heavy atom. The minimum absolute atomic E-state index is 0.155. The fourth-order valence-corrected chi connectivity index (χ4v) is 3.79. The Balaban J connectivity index is 1.90. The molecule has 1 unspecified atom stereocenters. The van der Waals surface area contributed by atoms with Gasteiger partial charge in [-0.05, 0) is 67.6 Å². The molecule has 1 heterocycles. The monoisotopic (exact) mass is 330 g/mol. The maximum atomic E-state index is 12.2. The van der Waals surface area contributed by atoms with E-state index in [4.69, 9.17) is 9.47 Å². The molecule has 0 bridgehead atoms. The van der Waals surface area contributed by atoms with Crippen molar-refractivity contribution in [3.05, 3.63) is 40.3 Å². The number of carbonyl (C=O) groups is 2. The van der Waals surface area contributed by atoms with Gasteiger partial charge in [0.05, 0.1) is 7.11 Å². The van der Waals surface area contributed by atoms with Crippen LogP contribution in [0.5, 0.6) is 5.75 Å². The van der Waals surface area contributed by atoms with Crippen LogP contribution in [0.15, 0.2) is 24.3 Å². The molecule has 1 aromatic heterocycles. The number of Topliss-reactive ketones (excluding diaryl/α,β-unsaturated/α-hetero) is 1. The Kier molecular flexibility index (Phi) is 4.22. The SMILES string of the molecule is COc1ccc2c(c1)CCc1cc(C(=O)OC(C)C(C)=O)sc1-2. The number of ether oxygens (including phenoxy) is 2. The Morgan fingerprint density at radius 3 is 2.61 bits per heavy atom. The molecule has 0 amide bonds. The number of aryl methyl sites for hydroxylation is 2. The van der Waals surface area contributed by atoms with Crippen molar-refractivity contribution in [2.75, 3.05) is 7.11 Å². The molecule has 0 N–H and O–H groups in total. The summed E-state index contributed by atoms with van der Waals surface area (Å²) in [5.41, 5.74) is 3.54. The van der Waals surface area contributed by atoms with Crippen LogP contribution in [0, 0.1) is 0 Å². The number of fused-ring (bicyclic) bond motifs is 3. The number of carbonyl (C=O) groups excluding carboxylic acids is 2. The molecule has 120 valence electrons. The average Bonchev–Trinajstić information content (AvgIpc) is 2.98. The summed E-state index contributed by atoms with van der Waals surface area (Å²) in [5, 5.41) is 0. The van der Waals surface area contributed by atoms with Crippen molar-refractivity contribution < 1.29 is 19.1 Å². The van der Waals surface area contributed by atoms with Gasteiger partial charge in [0.15, 0.2) is 11.9 Å². The van der Waals surface area contributed by atoms with E-state index in [1.807, 2.05) is 24.3 Å². The highest BCUT2D eigenvalue weighted by Gasteiger charge is 2.24. The number of hydrogen-bond acceptors (Lipinski definition) is 5. The molecule has 0 spiro atoms. The van der Waals surface area contributed by atoms with E-state index in [0.29, 0.717) is 4.88 Å². The van der Waals surface area contributed by atoms with Crippen LogP contribution in [0.2, 0.25) is 0 Å². The van der Waals surface area contributed by atoms with Crippen molar-refractivity contribution in [2.45, 2.75) is 32.8 Å². The van der Waals surface area contributed by atoms with Crippen LogP contribution in [0.4, 0.5) is 0 Å². The predicted octanol–water partition coefficient (Wildman–Crippen LogP) is 3.66. The van der Waals surface area contributed by atoms with Gasteiger partial charge in [-0.2, -0.15) is 0 Å². The van der Waals surface area contributed by atoms with Crippen LogP contribution in [0.25, 0.3) is 10.4 Å². The van der Waals surface area contributed by atoms with Gasteiger partial charge in [0.2, 0.25) is 0 Å². The van der Waals surface area contributed by atoms with Crippen LogP contribution in [-0.4, -0.2) is 25.0 Å². The fraction of sp³-hybridized carbons (Fsp3) is 0.333. The molecule has 0 radical (unpaired) electrons. The zero-order valence-corrected chi connectivity index (χ0v) is 14.2. The molecule has 23 heavy (non-hydrogen) atoms. The van der Waals surface area contributed by atoms with E-state index in [-0.39, 0.29) is 5.78 Å². The lowest BCUT2D eigenvalue weighted by molar-refractivity contribution is -0.124. The summed E-state index contributed by atoms with van der Waals surface area (Å²) >= 11 is 1.43. The third-order valence-corrected chi connectivity index (χ3v) is 5.28. The van der Waals surface area contributed by atoms with E-state index in [0.717, 1.165) is 34.6 Å². The van der Waals surface area contributed by atoms with Crippen molar-refractivity contribution in [1.29, 1.82) is 0 Å². The number of methoxy groups -OCH3 is 1. The second-order valence-electron chi connectivity index (χ2n) is 5.65. The van der Waals surface area contributed by atoms with E-state index < -0.39 is 12.1 Å². The second kappa shape index (κ2) is 6.16. The molecule has 2 aromatic rings. The Morgan fingerprint density at radius 1 is 1.17 bits per heavy atom. The molecule has 0 fully saturated rings. The molecule has 0 saturated heterocycles. The number of ketones is 1. The first-order valence-electron chi connectivity index (χ1n) is 7.51. The number of hydrogen-bond donors (Lipinski definition) is 0. The molecule has 0 saturated carbocycles. The number of thiophene rings is 1. The van der Waals surface area contributed by atoms with Crippen LogP contribution in [0.3, 0.4) is 0 Å². The maximum Gasteiger partial charge on any atom is 0.349 e. The van der Waals surface area contributed by atoms with Crippen LogP contribution in [-0.2, 0) is 22.4 Å². The van der Waals surface area contributed by atoms with Crippen molar-refractivity contribution in [1.82, 2.24) is 0 Å². The second-order valence-corrected chi connectivity index (χ2v) is 6.70. The van der Waals surface area contributed by atoms with Gasteiger partial charge < -0.3 is 9.47 Å². The predicted molar refractivity (Wildman–Crippen MR) is 89.3 cm³/mol. The normalized spacial score (nSPS) is 13.7. The summed E-state index contributed by atoms with van der Waals surface area (Å²) in [7, 11) is 1.66. The number of esters is 1. The summed E-state index contributed by atoms with van der Waals surface area (Å²) in [5.74, 6) is 0.262. The Bertz CT molecular complexity index is 775. The lowest BCUT2D eigenvalue weighted by Crippen LogP contribution is -2.21. The molecule has 1 aliphatic carbocycles. The highest BCUT2D eigenvalue weighted by molar-refractivity contribution is 7.17. The van der Waals surface area contributed by atoms with Gasteiger partial charge in [-0.3, -0.25) is 4.79 Å². The Labute approximate surface area is 139 Å². The summed E-state index contributed by atoms with van der Waals surface area (Å²) in [6.45, 7) is 3.01. The quantitative estimate of drug-likeness (QED) is 0.803. The molecule has 1 aliphatic rings. The first-order chi connectivity index (χ1) is 11.0. The van der Waals surface area contributed by atoms with Crippen LogP contribution in [0.1, 0.15) is 34.6 Å². The van der Waals surface area contributed by atoms with E-state index in [2.05, 4.69) is 0 Å². The zero-order valence-electron chi connectivity index (χ0n) is 13.3. The average molecular weight is 330 g/mol. The molecule has 5 heteroatoms. The molecule has 1 aromatic carbocycles. The van der Waals surface area contributed by atoms with Gasteiger partial charge in [0.25, 0.3) is 0 Å². The lowest BCUT2D eigenvalue weighted by Gasteiger charge is -2.16. The van der Waals surface area contributed by atoms with Crippen molar-refractivity contribution >= 4 is 23.1 Å². The molecule has 4 nitrogen and oxygen atoms in total. The largest absolute Gasteiger partial charge is 0.497 e.